The van der Waals surface area contributed by atoms with Crippen LogP contribution in [0.1, 0.15) is 19.3 Å². The lowest BCUT2D eigenvalue weighted by molar-refractivity contribution is -0.386. The van der Waals surface area contributed by atoms with E-state index < -0.39 is 4.92 Å². The smallest absolute Gasteiger partial charge is 0.311 e. The fourth-order valence-electron chi connectivity index (χ4n) is 1.93. The maximum absolute atomic E-state index is 11.1. The van der Waals surface area contributed by atoms with E-state index in [2.05, 4.69) is 0 Å². The summed E-state index contributed by atoms with van der Waals surface area (Å²) in [6.45, 7) is 0. The van der Waals surface area contributed by atoms with E-state index in [4.69, 9.17) is 9.47 Å². The first-order chi connectivity index (χ1) is 8.60. The number of methoxy groups -OCH3 is 1. The van der Waals surface area contributed by atoms with Crippen molar-refractivity contribution in [3.8, 4) is 11.5 Å². The van der Waals surface area contributed by atoms with Gasteiger partial charge in [-0.1, -0.05) is 0 Å². The van der Waals surface area contributed by atoms with Crippen molar-refractivity contribution in [2.45, 2.75) is 25.4 Å². The minimum Gasteiger partial charge on any atom is -0.497 e. The van der Waals surface area contributed by atoms with Gasteiger partial charge in [-0.05, 0) is 12.5 Å². The van der Waals surface area contributed by atoms with E-state index in [0.717, 1.165) is 0 Å². The molecule has 6 heteroatoms. The normalized spacial score (nSPS) is 18.7. The van der Waals surface area contributed by atoms with E-state index in [0.29, 0.717) is 25.0 Å². The molecule has 2 rings (SSSR count). The van der Waals surface area contributed by atoms with Crippen LogP contribution < -0.4 is 9.47 Å². The standard InChI is InChI=1S/C12H13NO5/c1-17-9-4-5-11(13(15)16)12(7-9)18-10-3-2-8(14)6-10/h4-5,7,10H,2-3,6H2,1H3. The van der Waals surface area contributed by atoms with Crippen molar-refractivity contribution in [1.82, 2.24) is 0 Å². The number of rotatable bonds is 4. The first-order valence-electron chi connectivity index (χ1n) is 5.61. The molecule has 0 amide bonds. The Bertz CT molecular complexity index is 485. The predicted molar refractivity (Wildman–Crippen MR) is 62.9 cm³/mol. The average Bonchev–Trinajstić information content (AvgIpc) is 2.74. The molecule has 0 bridgehead atoms. The third-order valence-electron chi connectivity index (χ3n) is 2.86. The van der Waals surface area contributed by atoms with Crippen LogP contribution in [0.5, 0.6) is 11.5 Å². The van der Waals surface area contributed by atoms with E-state index >= 15 is 0 Å². The maximum atomic E-state index is 11.1. The Balaban J connectivity index is 2.23. The van der Waals surface area contributed by atoms with Gasteiger partial charge in [-0.2, -0.15) is 0 Å². The molecule has 1 aliphatic rings. The number of Topliss-reactive ketones (excluding diaryl/α,β-unsaturated/α-hetero) is 1. The Morgan fingerprint density at radius 3 is 2.78 bits per heavy atom. The molecule has 0 radical (unpaired) electrons. The molecule has 1 atom stereocenters. The van der Waals surface area contributed by atoms with Crippen LogP contribution in [0.4, 0.5) is 5.69 Å². The molecular formula is C12H13NO5. The summed E-state index contributed by atoms with van der Waals surface area (Å²) >= 11 is 0. The molecule has 0 aliphatic heterocycles. The highest BCUT2D eigenvalue weighted by Crippen LogP contribution is 2.33. The summed E-state index contributed by atoms with van der Waals surface area (Å²) in [7, 11) is 1.48. The molecule has 1 fully saturated rings. The molecule has 1 aromatic rings. The van der Waals surface area contributed by atoms with Crippen LogP contribution in [0.3, 0.4) is 0 Å². The van der Waals surface area contributed by atoms with Gasteiger partial charge in [-0.3, -0.25) is 14.9 Å². The molecule has 0 heterocycles. The van der Waals surface area contributed by atoms with Gasteiger partial charge < -0.3 is 9.47 Å². The lowest BCUT2D eigenvalue weighted by atomic mass is 10.2. The molecule has 0 aromatic heterocycles. The van der Waals surface area contributed by atoms with Crippen molar-refractivity contribution in [1.29, 1.82) is 0 Å². The fraction of sp³-hybridized carbons (Fsp3) is 0.417. The number of nitrogens with zero attached hydrogens (tertiary/aromatic N) is 1. The zero-order chi connectivity index (χ0) is 13.1. The fourth-order valence-corrected chi connectivity index (χ4v) is 1.93. The molecule has 1 unspecified atom stereocenters. The average molecular weight is 251 g/mol. The largest absolute Gasteiger partial charge is 0.497 e. The molecule has 6 nitrogen and oxygen atoms in total. The van der Waals surface area contributed by atoms with Gasteiger partial charge in [0.1, 0.15) is 17.6 Å². The number of ketones is 1. The third-order valence-corrected chi connectivity index (χ3v) is 2.86. The van der Waals surface area contributed by atoms with E-state index in [-0.39, 0.29) is 23.3 Å². The Hall–Kier alpha value is -2.11. The monoisotopic (exact) mass is 251 g/mol. The second kappa shape index (κ2) is 5.03. The predicted octanol–water partition coefficient (Wildman–Crippen LogP) is 2.10. The summed E-state index contributed by atoms with van der Waals surface area (Å²) in [5.74, 6) is 0.768. The molecule has 0 N–H and O–H groups in total. The number of hydrogen-bond acceptors (Lipinski definition) is 5. The van der Waals surface area contributed by atoms with E-state index in [1.165, 1.54) is 25.3 Å². The quantitative estimate of drug-likeness (QED) is 0.604. The van der Waals surface area contributed by atoms with Crippen LogP contribution >= 0.6 is 0 Å². The van der Waals surface area contributed by atoms with Gasteiger partial charge in [0.15, 0.2) is 0 Å². The number of carbonyl (C=O) groups is 1. The second-order valence-electron chi connectivity index (χ2n) is 4.11. The summed E-state index contributed by atoms with van der Waals surface area (Å²) in [6.07, 6.45) is 1.12. The van der Waals surface area contributed by atoms with Gasteiger partial charge >= 0.3 is 5.69 Å². The first kappa shape index (κ1) is 12.3. The highest BCUT2D eigenvalue weighted by Gasteiger charge is 2.26. The van der Waals surface area contributed by atoms with E-state index in [1.807, 2.05) is 0 Å². The minimum absolute atomic E-state index is 0.116. The van der Waals surface area contributed by atoms with Gasteiger partial charge in [-0.25, -0.2) is 0 Å². The highest BCUT2D eigenvalue weighted by atomic mass is 16.6. The van der Waals surface area contributed by atoms with E-state index in [9.17, 15) is 14.9 Å². The summed E-state index contributed by atoms with van der Waals surface area (Å²) in [4.78, 5) is 21.5. The van der Waals surface area contributed by atoms with E-state index in [1.54, 1.807) is 0 Å². The SMILES string of the molecule is COc1ccc([N+](=O)[O-])c(OC2CCC(=O)C2)c1. The van der Waals surface area contributed by atoms with Crippen molar-refractivity contribution in [3.63, 3.8) is 0 Å². The van der Waals surface area contributed by atoms with Crippen molar-refractivity contribution in [2.24, 2.45) is 0 Å². The second-order valence-corrected chi connectivity index (χ2v) is 4.11. The minimum atomic E-state index is -0.508. The zero-order valence-corrected chi connectivity index (χ0v) is 9.92. The number of nitro groups is 1. The van der Waals surface area contributed by atoms with Crippen molar-refractivity contribution in [3.05, 3.63) is 28.3 Å². The van der Waals surface area contributed by atoms with Gasteiger partial charge in [0, 0.05) is 25.0 Å². The molecule has 1 saturated carbocycles. The Morgan fingerprint density at radius 1 is 1.44 bits per heavy atom. The van der Waals surface area contributed by atoms with Crippen LogP contribution in [-0.2, 0) is 4.79 Å². The molecule has 1 aromatic carbocycles. The summed E-state index contributed by atoms with van der Waals surface area (Å²) in [5, 5.41) is 10.9. The summed E-state index contributed by atoms with van der Waals surface area (Å²) < 4.78 is 10.5. The van der Waals surface area contributed by atoms with Crippen LogP contribution in [0, 0.1) is 10.1 Å². The number of benzene rings is 1. The number of nitro benzene ring substituents is 1. The summed E-state index contributed by atoms with van der Waals surface area (Å²) in [5.41, 5.74) is -0.116. The molecule has 18 heavy (non-hydrogen) atoms. The van der Waals surface area contributed by atoms with Crippen LogP contribution in [0.2, 0.25) is 0 Å². The molecule has 0 saturated heterocycles. The Kier molecular flexibility index (Phi) is 3.45. The van der Waals surface area contributed by atoms with Crippen molar-refractivity contribution < 1.29 is 19.2 Å². The highest BCUT2D eigenvalue weighted by molar-refractivity contribution is 5.81. The Labute approximate surface area is 104 Å². The van der Waals surface area contributed by atoms with Crippen molar-refractivity contribution >= 4 is 11.5 Å². The number of hydrogen-bond donors (Lipinski definition) is 0. The Morgan fingerprint density at radius 2 is 2.22 bits per heavy atom. The van der Waals surface area contributed by atoms with Crippen LogP contribution in [0.15, 0.2) is 18.2 Å². The number of ether oxygens (including phenoxy) is 2. The van der Waals surface area contributed by atoms with Crippen LogP contribution in [0.25, 0.3) is 0 Å². The topological polar surface area (TPSA) is 78.7 Å². The van der Waals surface area contributed by atoms with Crippen molar-refractivity contribution in [2.75, 3.05) is 7.11 Å². The van der Waals surface area contributed by atoms with Gasteiger partial charge in [0.2, 0.25) is 5.75 Å². The first-order valence-corrected chi connectivity index (χ1v) is 5.61. The summed E-state index contributed by atoms with van der Waals surface area (Å²) in [6, 6.07) is 4.32. The molecule has 0 spiro atoms. The van der Waals surface area contributed by atoms with Gasteiger partial charge in [0.05, 0.1) is 12.0 Å². The number of carbonyl (C=O) groups excluding carboxylic acids is 1. The van der Waals surface area contributed by atoms with Gasteiger partial charge in [-0.15, -0.1) is 0 Å². The zero-order valence-electron chi connectivity index (χ0n) is 9.92. The molecule has 1 aliphatic carbocycles. The lowest BCUT2D eigenvalue weighted by Gasteiger charge is -2.13. The molecular weight excluding hydrogens is 238 g/mol. The van der Waals surface area contributed by atoms with Gasteiger partial charge in [0.25, 0.3) is 0 Å². The maximum Gasteiger partial charge on any atom is 0.311 e. The van der Waals surface area contributed by atoms with Crippen LogP contribution in [-0.4, -0.2) is 23.9 Å². The lowest BCUT2D eigenvalue weighted by Crippen LogP contribution is -2.13. The third kappa shape index (κ3) is 2.58. The molecule has 96 valence electrons.